The van der Waals surface area contributed by atoms with Crippen molar-refractivity contribution in [2.24, 2.45) is 0 Å². The third kappa shape index (κ3) is 3.44. The molecule has 2 heteroatoms. The van der Waals surface area contributed by atoms with Crippen molar-refractivity contribution in [1.82, 2.24) is 5.32 Å². The molecule has 0 aliphatic carbocycles. The molecule has 0 fully saturated rings. The molecule has 66 valence electrons. The lowest BCUT2D eigenvalue weighted by Gasteiger charge is -1.90. The zero-order chi connectivity index (χ0) is 9.52. The Morgan fingerprint density at radius 1 is 1.38 bits per heavy atom. The molecular weight excluding hydrogens is 162 g/mol. The fourth-order valence-electron chi connectivity index (χ4n) is 0.855. The molecule has 0 atom stereocenters. The highest BCUT2D eigenvalue weighted by molar-refractivity contribution is 5.93. The highest BCUT2D eigenvalue weighted by atomic mass is 16.1. The van der Waals surface area contributed by atoms with E-state index in [1.807, 2.05) is 37.3 Å². The summed E-state index contributed by atoms with van der Waals surface area (Å²) >= 11 is 0. The van der Waals surface area contributed by atoms with E-state index in [9.17, 15) is 4.79 Å². The SMILES string of the molecule is CCNC(=O)C#Cc1ccccc1. The molecule has 0 spiro atoms. The predicted molar refractivity (Wildman–Crippen MR) is 52.0 cm³/mol. The summed E-state index contributed by atoms with van der Waals surface area (Å²) in [4.78, 5) is 10.9. The van der Waals surface area contributed by atoms with E-state index in [-0.39, 0.29) is 5.91 Å². The van der Waals surface area contributed by atoms with Crippen LogP contribution in [0.5, 0.6) is 0 Å². The summed E-state index contributed by atoms with van der Waals surface area (Å²) in [5.41, 5.74) is 0.855. The van der Waals surface area contributed by atoms with E-state index < -0.39 is 0 Å². The van der Waals surface area contributed by atoms with Crippen LogP contribution in [-0.2, 0) is 4.79 Å². The molecule has 0 unspecified atom stereocenters. The van der Waals surface area contributed by atoms with Gasteiger partial charge in [0.05, 0.1) is 0 Å². The number of hydrogen-bond donors (Lipinski definition) is 1. The lowest BCUT2D eigenvalue weighted by molar-refractivity contribution is -0.115. The van der Waals surface area contributed by atoms with Crippen molar-refractivity contribution in [3.05, 3.63) is 35.9 Å². The van der Waals surface area contributed by atoms with Crippen LogP contribution in [0.25, 0.3) is 0 Å². The Hall–Kier alpha value is -1.75. The first-order valence-corrected chi connectivity index (χ1v) is 4.18. The van der Waals surface area contributed by atoms with Crippen molar-refractivity contribution in [2.75, 3.05) is 6.54 Å². The van der Waals surface area contributed by atoms with Gasteiger partial charge in [-0.3, -0.25) is 4.79 Å². The van der Waals surface area contributed by atoms with Gasteiger partial charge >= 0.3 is 0 Å². The maximum atomic E-state index is 10.9. The second kappa shape index (κ2) is 5.00. The summed E-state index contributed by atoms with van der Waals surface area (Å²) in [6, 6.07) is 9.43. The molecule has 1 aromatic carbocycles. The van der Waals surface area contributed by atoms with Crippen molar-refractivity contribution in [3.63, 3.8) is 0 Å². The summed E-state index contributed by atoms with van der Waals surface area (Å²) < 4.78 is 0. The predicted octanol–water partition coefficient (Wildman–Crippen LogP) is 1.17. The summed E-state index contributed by atoms with van der Waals surface area (Å²) in [6.45, 7) is 2.48. The lowest BCUT2D eigenvalue weighted by atomic mass is 10.2. The van der Waals surface area contributed by atoms with Gasteiger partial charge in [0.25, 0.3) is 5.91 Å². The highest BCUT2D eigenvalue weighted by Gasteiger charge is 1.89. The van der Waals surface area contributed by atoms with Crippen LogP contribution in [0.1, 0.15) is 12.5 Å². The van der Waals surface area contributed by atoms with Gasteiger partial charge in [-0.15, -0.1) is 0 Å². The first-order valence-electron chi connectivity index (χ1n) is 4.18. The van der Waals surface area contributed by atoms with Crippen molar-refractivity contribution in [3.8, 4) is 11.8 Å². The van der Waals surface area contributed by atoms with Crippen LogP contribution in [0.2, 0.25) is 0 Å². The van der Waals surface area contributed by atoms with Gasteiger partial charge in [-0.2, -0.15) is 0 Å². The van der Waals surface area contributed by atoms with Crippen LogP contribution in [0.3, 0.4) is 0 Å². The molecule has 0 saturated heterocycles. The van der Waals surface area contributed by atoms with E-state index in [1.54, 1.807) is 0 Å². The van der Waals surface area contributed by atoms with Gasteiger partial charge in [0.15, 0.2) is 0 Å². The molecule has 2 nitrogen and oxygen atoms in total. The van der Waals surface area contributed by atoms with E-state index in [1.165, 1.54) is 0 Å². The van der Waals surface area contributed by atoms with Gasteiger partial charge in [-0.25, -0.2) is 0 Å². The van der Waals surface area contributed by atoms with Gasteiger partial charge < -0.3 is 5.32 Å². The van der Waals surface area contributed by atoms with Crippen LogP contribution in [0.4, 0.5) is 0 Å². The number of amides is 1. The molecule has 0 heterocycles. The number of benzene rings is 1. The topological polar surface area (TPSA) is 29.1 Å². The minimum absolute atomic E-state index is 0.230. The third-order valence-electron chi connectivity index (χ3n) is 1.43. The number of rotatable bonds is 1. The molecule has 0 aromatic heterocycles. The van der Waals surface area contributed by atoms with E-state index in [2.05, 4.69) is 17.2 Å². The van der Waals surface area contributed by atoms with Gasteiger partial charge in [0.2, 0.25) is 0 Å². The highest BCUT2D eigenvalue weighted by Crippen LogP contribution is 1.94. The Kier molecular flexibility index (Phi) is 3.59. The average Bonchev–Trinajstić information content (AvgIpc) is 2.17. The molecular formula is C11H11NO. The van der Waals surface area contributed by atoms with Crippen LogP contribution < -0.4 is 5.32 Å². The molecule has 13 heavy (non-hydrogen) atoms. The average molecular weight is 173 g/mol. The zero-order valence-corrected chi connectivity index (χ0v) is 7.50. The van der Waals surface area contributed by atoms with Crippen LogP contribution >= 0.6 is 0 Å². The van der Waals surface area contributed by atoms with Crippen molar-refractivity contribution >= 4 is 5.91 Å². The van der Waals surface area contributed by atoms with Gasteiger partial charge in [-0.05, 0) is 19.1 Å². The first-order chi connectivity index (χ1) is 6.33. The fraction of sp³-hybridized carbons (Fsp3) is 0.182. The molecule has 0 radical (unpaired) electrons. The smallest absolute Gasteiger partial charge is 0.296 e. The lowest BCUT2D eigenvalue weighted by Crippen LogP contribution is -2.20. The summed E-state index contributed by atoms with van der Waals surface area (Å²) in [5.74, 6) is 5.04. The zero-order valence-electron chi connectivity index (χ0n) is 7.50. The molecule has 0 bridgehead atoms. The Bertz CT molecular complexity index is 332. The van der Waals surface area contributed by atoms with Gasteiger partial charge in [0, 0.05) is 18.0 Å². The summed E-state index contributed by atoms with van der Waals surface area (Å²) in [7, 11) is 0. The normalized spacial score (nSPS) is 8.38. The van der Waals surface area contributed by atoms with Crippen molar-refractivity contribution in [2.45, 2.75) is 6.92 Å². The molecule has 0 saturated carbocycles. The maximum absolute atomic E-state index is 10.9. The maximum Gasteiger partial charge on any atom is 0.296 e. The van der Waals surface area contributed by atoms with E-state index in [0.29, 0.717) is 6.54 Å². The Morgan fingerprint density at radius 2 is 2.08 bits per heavy atom. The fourth-order valence-corrected chi connectivity index (χ4v) is 0.855. The first kappa shape index (κ1) is 9.34. The molecule has 1 rings (SSSR count). The second-order valence-corrected chi connectivity index (χ2v) is 2.48. The number of nitrogens with one attached hydrogen (secondary N) is 1. The van der Waals surface area contributed by atoms with Crippen LogP contribution in [0, 0.1) is 11.8 Å². The molecule has 0 aliphatic rings. The van der Waals surface area contributed by atoms with E-state index >= 15 is 0 Å². The van der Waals surface area contributed by atoms with E-state index in [0.717, 1.165) is 5.56 Å². The number of carbonyl (C=O) groups is 1. The second-order valence-electron chi connectivity index (χ2n) is 2.48. The Labute approximate surface area is 78.0 Å². The minimum Gasteiger partial charge on any atom is -0.346 e. The van der Waals surface area contributed by atoms with Crippen molar-refractivity contribution in [1.29, 1.82) is 0 Å². The molecule has 1 amide bonds. The Morgan fingerprint density at radius 3 is 2.69 bits per heavy atom. The Balaban J connectivity index is 2.62. The van der Waals surface area contributed by atoms with Crippen LogP contribution in [-0.4, -0.2) is 12.5 Å². The number of hydrogen-bond acceptors (Lipinski definition) is 1. The standard InChI is InChI=1S/C11H11NO/c1-2-12-11(13)9-8-10-6-4-3-5-7-10/h3-7H,2H2,1H3,(H,12,13). The summed E-state index contributed by atoms with van der Waals surface area (Å²) in [6.07, 6.45) is 0. The molecule has 0 aliphatic heterocycles. The largest absolute Gasteiger partial charge is 0.346 e. The third-order valence-corrected chi connectivity index (χ3v) is 1.43. The van der Waals surface area contributed by atoms with Gasteiger partial charge in [0.1, 0.15) is 0 Å². The van der Waals surface area contributed by atoms with Gasteiger partial charge in [-0.1, -0.05) is 24.1 Å². The number of carbonyl (C=O) groups excluding carboxylic acids is 1. The molecule has 1 aromatic rings. The summed E-state index contributed by atoms with van der Waals surface area (Å²) in [5, 5.41) is 2.60. The minimum atomic E-state index is -0.230. The van der Waals surface area contributed by atoms with Crippen molar-refractivity contribution < 1.29 is 4.79 Å². The monoisotopic (exact) mass is 173 g/mol. The van der Waals surface area contributed by atoms with Crippen LogP contribution in [0.15, 0.2) is 30.3 Å². The van der Waals surface area contributed by atoms with E-state index in [4.69, 9.17) is 0 Å². The quantitative estimate of drug-likeness (QED) is 0.635. The molecule has 1 N–H and O–H groups in total.